The quantitative estimate of drug-likeness (QED) is 0.116. The fourth-order valence-electron chi connectivity index (χ4n) is 1.91. The molecule has 1 atom stereocenters. The summed E-state index contributed by atoms with van der Waals surface area (Å²) in [6.07, 6.45) is 4.63. The predicted octanol–water partition coefficient (Wildman–Crippen LogP) is 2.29. The summed E-state index contributed by atoms with van der Waals surface area (Å²) in [6, 6.07) is 5.10. The van der Waals surface area contributed by atoms with E-state index in [0.29, 0.717) is 23.7 Å². The monoisotopic (exact) mass is 421 g/mol. The zero-order valence-electron chi connectivity index (χ0n) is 17.8. The van der Waals surface area contributed by atoms with Crippen LogP contribution in [-0.4, -0.2) is 53.3 Å². The maximum absolute atomic E-state index is 11.6. The second-order valence-corrected chi connectivity index (χ2v) is 5.91. The zero-order chi connectivity index (χ0) is 22.4. The Morgan fingerprint density at radius 3 is 2.57 bits per heavy atom. The van der Waals surface area contributed by atoms with Gasteiger partial charge in [0, 0.05) is 21.2 Å². The molecule has 30 heavy (non-hydrogen) atoms. The largest absolute Gasteiger partial charge is 0.390 e. The summed E-state index contributed by atoms with van der Waals surface area (Å²) in [5.74, 6) is 5.31. The van der Waals surface area contributed by atoms with Crippen molar-refractivity contribution in [2.24, 2.45) is 11.8 Å². The summed E-state index contributed by atoms with van der Waals surface area (Å²) >= 11 is 0. The van der Waals surface area contributed by atoms with Gasteiger partial charge in [-0.05, 0) is 12.1 Å². The number of ether oxygens (including phenoxy) is 1. The van der Waals surface area contributed by atoms with E-state index in [0.717, 1.165) is 5.01 Å². The number of amides is 1. The number of hydrazine groups is 1. The minimum Gasteiger partial charge on any atom is -0.390 e. The number of aliphatic hydroxyl groups is 1. The highest BCUT2D eigenvalue weighted by atomic mass is 16.5. The van der Waals surface area contributed by atoms with Gasteiger partial charge in [0.05, 0.1) is 24.8 Å². The Morgan fingerprint density at radius 2 is 2.10 bits per heavy atom. The van der Waals surface area contributed by atoms with Crippen LogP contribution in [-0.2, 0) is 16.1 Å². The van der Waals surface area contributed by atoms with Crippen molar-refractivity contribution in [2.45, 2.75) is 13.5 Å². The molecule has 1 amide bonds. The number of pyridine rings is 1. The number of nitrogens with one attached hydrogen (secondary N) is 3. The van der Waals surface area contributed by atoms with Crippen LogP contribution < -0.4 is 17.3 Å². The van der Waals surface area contributed by atoms with Crippen molar-refractivity contribution in [3.8, 4) is 0 Å². The second kappa shape index (κ2) is 15.7. The first-order chi connectivity index (χ1) is 13.7. The number of aromatic nitrogens is 1. The standard InChI is InChI=1S/C11H16N2O3.C9H14N4.H3N.H2/c1-8(7-16-2)11(15)13-10-5-3-4-9(6-14)12-10;1-4-6-7(5-2)8(10)9(11)13(3)12;;/h3-5,8,14H,6-7H2,1-2H3,(H,12,13,15);4-6,10-11H,1-2,12H2,3H3;1H3;1H/b;7-6+,10-8?,11-9?;;. The fraction of sp³-hybridized carbons (Fsp3) is 0.300. The van der Waals surface area contributed by atoms with Crippen LogP contribution in [0.1, 0.15) is 14.0 Å². The lowest BCUT2D eigenvalue weighted by molar-refractivity contribution is -0.120. The molecule has 0 spiro atoms. The summed E-state index contributed by atoms with van der Waals surface area (Å²) in [4.78, 5) is 15.7. The number of anilines is 1. The van der Waals surface area contributed by atoms with Crippen molar-refractivity contribution in [2.75, 3.05) is 26.1 Å². The number of carbonyl (C=O) groups excluding carboxylic acids is 1. The van der Waals surface area contributed by atoms with Gasteiger partial charge in [0.15, 0.2) is 5.84 Å². The van der Waals surface area contributed by atoms with Crippen LogP contribution in [0, 0.1) is 16.7 Å². The number of methoxy groups -OCH3 is 1. The van der Waals surface area contributed by atoms with Crippen LogP contribution in [0.3, 0.4) is 0 Å². The van der Waals surface area contributed by atoms with Gasteiger partial charge in [0.2, 0.25) is 5.91 Å². The van der Waals surface area contributed by atoms with Crippen LogP contribution >= 0.6 is 0 Å². The highest BCUT2D eigenvalue weighted by Crippen LogP contribution is 2.07. The van der Waals surface area contributed by atoms with Crippen molar-refractivity contribution >= 4 is 23.3 Å². The number of nitrogens with zero attached hydrogens (tertiary/aromatic N) is 2. The molecule has 0 radical (unpaired) electrons. The highest BCUT2D eigenvalue weighted by Gasteiger charge is 2.13. The molecule has 1 heterocycles. The van der Waals surface area contributed by atoms with E-state index in [1.165, 1.54) is 19.2 Å². The van der Waals surface area contributed by atoms with Crippen molar-refractivity contribution in [3.05, 3.63) is 60.9 Å². The van der Waals surface area contributed by atoms with E-state index in [9.17, 15) is 4.79 Å². The number of amidine groups is 1. The van der Waals surface area contributed by atoms with Gasteiger partial charge in [-0.25, -0.2) is 10.8 Å². The first kappa shape index (κ1) is 29.0. The fourth-order valence-corrected chi connectivity index (χ4v) is 1.91. The van der Waals surface area contributed by atoms with Gasteiger partial charge in [0.1, 0.15) is 11.5 Å². The molecule has 0 aliphatic heterocycles. The van der Waals surface area contributed by atoms with Gasteiger partial charge in [-0.15, -0.1) is 0 Å². The smallest absolute Gasteiger partial charge is 0.230 e. The highest BCUT2D eigenvalue weighted by molar-refractivity contribution is 6.45. The maximum Gasteiger partial charge on any atom is 0.230 e. The Bertz CT molecular complexity index is 767. The van der Waals surface area contributed by atoms with Crippen molar-refractivity contribution < 1.29 is 16.1 Å². The number of allylic oxidation sites excluding steroid dienone is 3. The van der Waals surface area contributed by atoms with Gasteiger partial charge in [-0.3, -0.25) is 20.6 Å². The molecular weight excluding hydrogens is 386 g/mol. The van der Waals surface area contributed by atoms with Crippen LogP contribution in [0.2, 0.25) is 0 Å². The number of carbonyl (C=O) groups is 1. The van der Waals surface area contributed by atoms with Crippen LogP contribution in [0.25, 0.3) is 0 Å². The Morgan fingerprint density at radius 1 is 1.47 bits per heavy atom. The van der Waals surface area contributed by atoms with Gasteiger partial charge in [0.25, 0.3) is 0 Å². The normalized spacial score (nSPS) is 11.0. The molecule has 1 aromatic rings. The Kier molecular flexibility index (Phi) is 15.2. The lowest BCUT2D eigenvalue weighted by Crippen LogP contribution is -2.38. The zero-order valence-corrected chi connectivity index (χ0v) is 17.8. The third kappa shape index (κ3) is 10.4. The van der Waals surface area contributed by atoms with E-state index in [2.05, 4.69) is 23.5 Å². The SMILES string of the molecule is C=C/C=C(\C=C)C(=N)C(=N)N(C)N.COCC(C)C(=O)Nc1cccc(CO)n1.N.[HH]. The van der Waals surface area contributed by atoms with Gasteiger partial charge < -0.3 is 21.3 Å². The molecule has 0 saturated carbocycles. The molecule has 0 saturated heterocycles. The molecule has 9 N–H and O–H groups in total. The van der Waals surface area contributed by atoms with E-state index in [4.69, 9.17) is 26.5 Å². The maximum atomic E-state index is 11.6. The van der Waals surface area contributed by atoms with Crippen molar-refractivity contribution in [3.63, 3.8) is 0 Å². The van der Waals surface area contributed by atoms with Crippen LogP contribution in [0.15, 0.2) is 55.2 Å². The number of rotatable bonds is 9. The molecule has 0 aliphatic rings. The molecule has 0 fully saturated rings. The Balaban J connectivity index is -0.000000485. The first-order valence-electron chi connectivity index (χ1n) is 8.69. The minimum absolute atomic E-state index is 0. The molecule has 0 aliphatic carbocycles. The van der Waals surface area contributed by atoms with Crippen LogP contribution in [0.5, 0.6) is 0 Å². The van der Waals surface area contributed by atoms with Crippen LogP contribution in [0.4, 0.5) is 5.82 Å². The number of hydrogen-bond acceptors (Lipinski definition) is 8. The molecule has 1 unspecified atom stereocenters. The molecular formula is C20H35N7O3. The van der Waals surface area contributed by atoms with Gasteiger partial charge in [-0.1, -0.05) is 44.4 Å². The number of aliphatic hydroxyl groups excluding tert-OH is 1. The molecule has 1 aromatic heterocycles. The second-order valence-electron chi connectivity index (χ2n) is 5.91. The first-order valence-corrected chi connectivity index (χ1v) is 8.69. The predicted molar refractivity (Wildman–Crippen MR) is 123 cm³/mol. The molecule has 1 rings (SSSR count). The van der Waals surface area contributed by atoms with E-state index < -0.39 is 0 Å². The molecule has 10 nitrogen and oxygen atoms in total. The number of hydrogen-bond donors (Lipinski definition) is 6. The lowest BCUT2D eigenvalue weighted by atomic mass is 10.1. The molecule has 0 bridgehead atoms. The summed E-state index contributed by atoms with van der Waals surface area (Å²) in [5.41, 5.74) is 1.08. The van der Waals surface area contributed by atoms with Crippen molar-refractivity contribution in [1.82, 2.24) is 16.1 Å². The molecule has 10 heteroatoms. The third-order valence-electron chi connectivity index (χ3n) is 3.48. The van der Waals surface area contributed by atoms with E-state index in [1.54, 1.807) is 38.3 Å². The summed E-state index contributed by atoms with van der Waals surface area (Å²) in [6.45, 7) is 9.03. The summed E-state index contributed by atoms with van der Waals surface area (Å²) in [7, 11) is 3.06. The average molecular weight is 422 g/mol. The van der Waals surface area contributed by atoms with E-state index >= 15 is 0 Å². The van der Waals surface area contributed by atoms with E-state index in [-0.39, 0.29) is 37.6 Å². The Labute approximate surface area is 179 Å². The topological polar surface area (TPSA) is 183 Å². The average Bonchev–Trinajstić information content (AvgIpc) is 2.71. The molecule has 0 aromatic carbocycles. The lowest BCUT2D eigenvalue weighted by Gasteiger charge is -2.14. The minimum atomic E-state index is -0.232. The third-order valence-corrected chi connectivity index (χ3v) is 3.48. The summed E-state index contributed by atoms with van der Waals surface area (Å²) < 4.78 is 4.89. The van der Waals surface area contributed by atoms with Gasteiger partial charge >= 0.3 is 0 Å². The number of nitrogens with two attached hydrogens (primary N) is 1. The van der Waals surface area contributed by atoms with E-state index in [1.807, 2.05) is 0 Å². The van der Waals surface area contributed by atoms with Crippen molar-refractivity contribution in [1.29, 1.82) is 10.8 Å². The Hall–Kier alpha value is -3.18. The molecule has 168 valence electrons. The summed E-state index contributed by atoms with van der Waals surface area (Å²) in [5, 5.41) is 27.6. The van der Waals surface area contributed by atoms with Gasteiger partial charge in [-0.2, -0.15) is 0 Å².